The van der Waals surface area contributed by atoms with Gasteiger partial charge in [-0.05, 0) is 31.8 Å². The molecule has 1 amide bonds. The van der Waals surface area contributed by atoms with E-state index in [-0.39, 0.29) is 18.9 Å². The van der Waals surface area contributed by atoms with Crippen LogP contribution in [-0.2, 0) is 4.79 Å². The molecule has 0 spiro atoms. The van der Waals surface area contributed by atoms with Crippen molar-refractivity contribution in [2.24, 2.45) is 5.92 Å². The fourth-order valence-corrected chi connectivity index (χ4v) is 2.10. The lowest BCUT2D eigenvalue weighted by Crippen LogP contribution is -2.42. The lowest BCUT2D eigenvalue weighted by atomic mass is 9.95. The molecule has 1 saturated heterocycles. The predicted octanol–water partition coefficient (Wildman–Crippen LogP) is 0.759. The number of aliphatic hydroxyl groups is 1. The van der Waals surface area contributed by atoms with Crippen molar-refractivity contribution < 1.29 is 23.1 Å². The first-order chi connectivity index (χ1) is 8.42. The fraction of sp³-hybridized carbons (Fsp3) is 0.909. The maximum Gasteiger partial charge on any atom is 0.406 e. The molecule has 0 saturated carbocycles. The summed E-state index contributed by atoms with van der Waals surface area (Å²) in [6.07, 6.45) is -2.51. The van der Waals surface area contributed by atoms with E-state index in [2.05, 4.69) is 5.32 Å². The summed E-state index contributed by atoms with van der Waals surface area (Å²) in [5, 5.41) is 11.8. The number of hydrogen-bond donors (Lipinski definition) is 2. The van der Waals surface area contributed by atoms with Crippen LogP contribution in [0.3, 0.4) is 0 Å². The summed E-state index contributed by atoms with van der Waals surface area (Å²) in [5.74, 6) is -0.434. The number of aliphatic hydroxyl groups excluding tert-OH is 1. The van der Waals surface area contributed by atoms with Crippen LogP contribution in [0.5, 0.6) is 0 Å². The molecule has 1 atom stereocenters. The molecule has 0 aliphatic carbocycles. The molecule has 1 aliphatic rings. The zero-order valence-corrected chi connectivity index (χ0v) is 10.2. The minimum absolute atomic E-state index is 0.0978. The quantitative estimate of drug-likeness (QED) is 0.774. The number of rotatable bonds is 5. The van der Waals surface area contributed by atoms with Gasteiger partial charge in [0.25, 0.3) is 0 Å². The first-order valence-corrected chi connectivity index (χ1v) is 6.08. The predicted molar refractivity (Wildman–Crippen MR) is 59.9 cm³/mol. The van der Waals surface area contributed by atoms with Gasteiger partial charge in [-0.15, -0.1) is 0 Å². The molecule has 106 valence electrons. The third-order valence-corrected chi connectivity index (χ3v) is 2.96. The van der Waals surface area contributed by atoms with Gasteiger partial charge in [0.05, 0.1) is 6.61 Å². The molecular weight excluding hydrogens is 249 g/mol. The van der Waals surface area contributed by atoms with E-state index in [1.807, 2.05) is 0 Å². The molecule has 4 nitrogen and oxygen atoms in total. The van der Waals surface area contributed by atoms with E-state index in [1.165, 1.54) is 0 Å². The number of carbonyl (C=O) groups excluding carboxylic acids is 1. The lowest BCUT2D eigenvalue weighted by molar-refractivity contribution is -0.162. The maximum atomic E-state index is 12.3. The molecule has 2 N–H and O–H groups in total. The van der Waals surface area contributed by atoms with E-state index in [9.17, 15) is 18.0 Å². The molecule has 1 heterocycles. The Balaban J connectivity index is 2.47. The SMILES string of the molecule is O=C(CC1CCCNC1)N(CCO)CC(F)(F)F. The number of alkyl halides is 3. The molecular formula is C11H19F3N2O2. The van der Waals surface area contributed by atoms with Gasteiger partial charge in [-0.2, -0.15) is 13.2 Å². The second-order valence-corrected chi connectivity index (χ2v) is 4.57. The van der Waals surface area contributed by atoms with Crippen LogP contribution in [0.25, 0.3) is 0 Å². The van der Waals surface area contributed by atoms with E-state index >= 15 is 0 Å². The summed E-state index contributed by atoms with van der Waals surface area (Å²) < 4.78 is 36.8. The van der Waals surface area contributed by atoms with Crippen LogP contribution >= 0.6 is 0 Å². The van der Waals surface area contributed by atoms with Crippen molar-refractivity contribution in [3.63, 3.8) is 0 Å². The third kappa shape index (κ3) is 5.68. The maximum absolute atomic E-state index is 12.3. The van der Waals surface area contributed by atoms with Crippen LogP contribution in [0.2, 0.25) is 0 Å². The highest BCUT2D eigenvalue weighted by Crippen LogP contribution is 2.19. The van der Waals surface area contributed by atoms with Crippen molar-refractivity contribution >= 4 is 5.91 Å². The van der Waals surface area contributed by atoms with Gasteiger partial charge in [-0.25, -0.2) is 0 Å². The van der Waals surface area contributed by atoms with Gasteiger partial charge < -0.3 is 15.3 Å². The Kier molecular flexibility index (Phi) is 5.87. The molecule has 1 rings (SSSR count). The zero-order valence-electron chi connectivity index (χ0n) is 10.2. The topological polar surface area (TPSA) is 52.6 Å². The first kappa shape index (κ1) is 15.2. The highest BCUT2D eigenvalue weighted by molar-refractivity contribution is 5.76. The van der Waals surface area contributed by atoms with Gasteiger partial charge >= 0.3 is 6.18 Å². The average Bonchev–Trinajstić information content (AvgIpc) is 2.28. The third-order valence-electron chi connectivity index (χ3n) is 2.96. The monoisotopic (exact) mass is 268 g/mol. The van der Waals surface area contributed by atoms with Gasteiger partial charge in [-0.3, -0.25) is 4.79 Å². The Morgan fingerprint density at radius 2 is 2.17 bits per heavy atom. The number of piperidine rings is 1. The number of halogens is 3. The molecule has 0 radical (unpaired) electrons. The van der Waals surface area contributed by atoms with Crippen LogP contribution in [0.4, 0.5) is 13.2 Å². The molecule has 18 heavy (non-hydrogen) atoms. The summed E-state index contributed by atoms with van der Waals surface area (Å²) in [7, 11) is 0. The second kappa shape index (κ2) is 6.94. The summed E-state index contributed by atoms with van der Waals surface area (Å²) in [5.41, 5.74) is 0. The van der Waals surface area contributed by atoms with Crippen LogP contribution in [-0.4, -0.2) is 54.9 Å². The van der Waals surface area contributed by atoms with Crippen molar-refractivity contribution in [2.45, 2.75) is 25.4 Å². The Morgan fingerprint density at radius 3 is 2.67 bits per heavy atom. The molecule has 7 heteroatoms. The van der Waals surface area contributed by atoms with E-state index in [0.29, 0.717) is 11.4 Å². The van der Waals surface area contributed by atoms with Crippen molar-refractivity contribution in [1.29, 1.82) is 0 Å². The molecule has 0 aromatic rings. The largest absolute Gasteiger partial charge is 0.406 e. The lowest BCUT2D eigenvalue weighted by Gasteiger charge is -2.27. The van der Waals surface area contributed by atoms with Gasteiger partial charge in [-0.1, -0.05) is 0 Å². The Bertz CT molecular complexity index is 266. The Hall–Kier alpha value is -0.820. The van der Waals surface area contributed by atoms with Crippen LogP contribution < -0.4 is 5.32 Å². The molecule has 1 fully saturated rings. The highest BCUT2D eigenvalue weighted by Gasteiger charge is 2.33. The zero-order chi connectivity index (χ0) is 13.6. The first-order valence-electron chi connectivity index (χ1n) is 6.08. The van der Waals surface area contributed by atoms with Gasteiger partial charge in [0.1, 0.15) is 6.54 Å². The van der Waals surface area contributed by atoms with Crippen molar-refractivity contribution in [3.8, 4) is 0 Å². The molecule has 1 aliphatic heterocycles. The number of hydrogen-bond acceptors (Lipinski definition) is 3. The van der Waals surface area contributed by atoms with E-state index in [4.69, 9.17) is 5.11 Å². The second-order valence-electron chi connectivity index (χ2n) is 4.57. The standard InChI is InChI=1S/C11H19F3N2O2/c12-11(13,14)8-16(4-5-17)10(18)6-9-2-1-3-15-7-9/h9,15,17H,1-8H2. The van der Waals surface area contributed by atoms with Crippen molar-refractivity contribution in [1.82, 2.24) is 10.2 Å². The van der Waals surface area contributed by atoms with Crippen LogP contribution in [0.15, 0.2) is 0 Å². The minimum Gasteiger partial charge on any atom is -0.395 e. The fourth-order valence-electron chi connectivity index (χ4n) is 2.10. The molecule has 0 aromatic carbocycles. The van der Waals surface area contributed by atoms with Gasteiger partial charge in [0.15, 0.2) is 0 Å². The van der Waals surface area contributed by atoms with Gasteiger partial charge in [0, 0.05) is 13.0 Å². The van der Waals surface area contributed by atoms with E-state index in [1.54, 1.807) is 0 Å². The van der Waals surface area contributed by atoms with Crippen molar-refractivity contribution in [3.05, 3.63) is 0 Å². The summed E-state index contributed by atoms with van der Waals surface area (Å²) in [4.78, 5) is 12.5. The normalized spacial score (nSPS) is 20.8. The molecule has 0 bridgehead atoms. The van der Waals surface area contributed by atoms with E-state index in [0.717, 1.165) is 19.4 Å². The van der Waals surface area contributed by atoms with Crippen molar-refractivity contribution in [2.75, 3.05) is 32.8 Å². The minimum atomic E-state index is -4.42. The summed E-state index contributed by atoms with van der Waals surface area (Å²) in [6.45, 7) is -0.436. The van der Waals surface area contributed by atoms with Crippen LogP contribution in [0, 0.1) is 5.92 Å². The molecule has 0 aromatic heterocycles. The number of carbonyl (C=O) groups is 1. The highest BCUT2D eigenvalue weighted by atomic mass is 19.4. The Morgan fingerprint density at radius 1 is 1.44 bits per heavy atom. The van der Waals surface area contributed by atoms with Gasteiger partial charge in [0.2, 0.25) is 5.91 Å². The van der Waals surface area contributed by atoms with E-state index < -0.39 is 25.2 Å². The number of nitrogens with one attached hydrogen (secondary N) is 1. The Labute approximate surface area is 104 Å². The summed E-state index contributed by atoms with van der Waals surface area (Å²) in [6, 6.07) is 0. The smallest absolute Gasteiger partial charge is 0.395 e. The molecule has 1 unspecified atom stereocenters. The van der Waals surface area contributed by atoms with Crippen LogP contribution in [0.1, 0.15) is 19.3 Å². The number of nitrogens with zero attached hydrogens (tertiary/aromatic N) is 1. The summed E-state index contributed by atoms with van der Waals surface area (Å²) >= 11 is 0. The number of amides is 1. The average molecular weight is 268 g/mol.